The summed E-state index contributed by atoms with van der Waals surface area (Å²) in [6.45, 7) is 10.3. The minimum atomic E-state index is 0. The van der Waals surface area contributed by atoms with Crippen molar-refractivity contribution in [3.8, 4) is 5.69 Å². The van der Waals surface area contributed by atoms with Gasteiger partial charge in [-0.25, -0.2) is 14.7 Å². The van der Waals surface area contributed by atoms with Crippen LogP contribution in [0.15, 0.2) is 41.9 Å². The summed E-state index contributed by atoms with van der Waals surface area (Å²) in [5, 5.41) is 10.7. The molecular weight excluding hydrogens is 455 g/mol. The van der Waals surface area contributed by atoms with E-state index in [0.29, 0.717) is 12.5 Å². The van der Waals surface area contributed by atoms with Crippen LogP contribution in [-0.4, -0.2) is 47.0 Å². The van der Waals surface area contributed by atoms with Crippen LogP contribution < -0.4 is 10.6 Å². The molecule has 150 valence electrons. The van der Waals surface area contributed by atoms with Crippen LogP contribution in [0.1, 0.15) is 32.8 Å². The SMILES string of the molecule is CCNC(=NCc1ccc(-n2cncn2)cc1)NCCCOCC(C)C.I. The van der Waals surface area contributed by atoms with Crippen LogP contribution in [0.2, 0.25) is 0 Å². The average Bonchev–Trinajstić information content (AvgIpc) is 3.17. The molecule has 27 heavy (non-hydrogen) atoms. The van der Waals surface area contributed by atoms with Gasteiger partial charge in [-0.1, -0.05) is 26.0 Å². The molecule has 2 aromatic rings. The smallest absolute Gasteiger partial charge is 0.191 e. The first-order chi connectivity index (χ1) is 12.7. The van der Waals surface area contributed by atoms with Gasteiger partial charge in [-0.3, -0.25) is 0 Å². The van der Waals surface area contributed by atoms with Crippen LogP contribution in [0.25, 0.3) is 5.69 Å². The molecule has 2 rings (SSSR count). The van der Waals surface area contributed by atoms with Crippen molar-refractivity contribution in [3.63, 3.8) is 0 Å². The van der Waals surface area contributed by atoms with E-state index in [0.717, 1.165) is 49.9 Å². The van der Waals surface area contributed by atoms with Gasteiger partial charge in [0, 0.05) is 26.3 Å². The fourth-order valence-electron chi connectivity index (χ4n) is 2.31. The fourth-order valence-corrected chi connectivity index (χ4v) is 2.31. The third kappa shape index (κ3) is 9.18. The zero-order chi connectivity index (χ0) is 18.6. The lowest BCUT2D eigenvalue weighted by Crippen LogP contribution is -2.38. The van der Waals surface area contributed by atoms with Crippen LogP contribution in [0.3, 0.4) is 0 Å². The summed E-state index contributed by atoms with van der Waals surface area (Å²) in [7, 11) is 0. The minimum absolute atomic E-state index is 0. The highest BCUT2D eigenvalue weighted by atomic mass is 127. The number of benzene rings is 1. The van der Waals surface area contributed by atoms with Gasteiger partial charge < -0.3 is 15.4 Å². The van der Waals surface area contributed by atoms with Crippen molar-refractivity contribution in [3.05, 3.63) is 42.5 Å². The Kier molecular flexibility index (Phi) is 11.7. The lowest BCUT2D eigenvalue weighted by atomic mass is 10.2. The van der Waals surface area contributed by atoms with Gasteiger partial charge in [-0.05, 0) is 37.0 Å². The number of halogens is 1. The van der Waals surface area contributed by atoms with E-state index in [1.807, 2.05) is 12.1 Å². The molecule has 2 N–H and O–H groups in total. The standard InChI is InChI=1S/C19H30N6O.HI/c1-4-21-19(22-10-5-11-26-13-16(2)3)23-12-17-6-8-18(9-7-17)25-15-20-14-24-25;/h6-9,14-16H,4-5,10-13H2,1-3H3,(H2,21,22,23);1H. The zero-order valence-corrected chi connectivity index (χ0v) is 18.7. The number of aromatic nitrogens is 3. The Bertz CT molecular complexity index is 643. The molecule has 7 nitrogen and oxygen atoms in total. The Morgan fingerprint density at radius 1 is 1.22 bits per heavy atom. The Labute approximate surface area is 179 Å². The maximum absolute atomic E-state index is 5.60. The third-order valence-electron chi connectivity index (χ3n) is 3.59. The molecule has 1 aromatic heterocycles. The molecule has 0 bridgehead atoms. The second-order valence-electron chi connectivity index (χ2n) is 6.45. The number of rotatable bonds is 10. The van der Waals surface area contributed by atoms with E-state index in [2.05, 4.69) is 58.6 Å². The highest BCUT2D eigenvalue weighted by molar-refractivity contribution is 14.0. The van der Waals surface area contributed by atoms with E-state index in [1.54, 1.807) is 11.0 Å². The summed E-state index contributed by atoms with van der Waals surface area (Å²) in [5.74, 6) is 1.41. The second kappa shape index (κ2) is 13.5. The van der Waals surface area contributed by atoms with Gasteiger partial charge in [0.05, 0.1) is 12.2 Å². The number of ether oxygens (including phenoxy) is 1. The summed E-state index contributed by atoms with van der Waals surface area (Å²) in [6.07, 6.45) is 4.18. The normalized spacial score (nSPS) is 11.3. The zero-order valence-electron chi connectivity index (χ0n) is 16.4. The van der Waals surface area contributed by atoms with Gasteiger partial charge in [0.2, 0.25) is 0 Å². The molecule has 0 aliphatic rings. The molecule has 1 heterocycles. The molecule has 0 saturated carbocycles. The predicted molar refractivity (Wildman–Crippen MR) is 120 cm³/mol. The Hall–Kier alpha value is -1.68. The second-order valence-corrected chi connectivity index (χ2v) is 6.45. The van der Waals surface area contributed by atoms with E-state index in [1.165, 1.54) is 6.33 Å². The number of guanidine groups is 1. The van der Waals surface area contributed by atoms with Crippen molar-refractivity contribution >= 4 is 29.9 Å². The van der Waals surface area contributed by atoms with Crippen molar-refractivity contribution < 1.29 is 4.74 Å². The maximum Gasteiger partial charge on any atom is 0.191 e. The van der Waals surface area contributed by atoms with Crippen LogP contribution in [0, 0.1) is 5.92 Å². The summed E-state index contributed by atoms with van der Waals surface area (Å²) in [5.41, 5.74) is 2.13. The Morgan fingerprint density at radius 2 is 2.00 bits per heavy atom. The van der Waals surface area contributed by atoms with Gasteiger partial charge in [0.15, 0.2) is 5.96 Å². The highest BCUT2D eigenvalue weighted by Gasteiger charge is 2.00. The molecule has 0 fully saturated rings. The number of hydrogen-bond acceptors (Lipinski definition) is 4. The first-order valence-electron chi connectivity index (χ1n) is 9.23. The van der Waals surface area contributed by atoms with Crippen LogP contribution in [0.4, 0.5) is 0 Å². The third-order valence-corrected chi connectivity index (χ3v) is 3.59. The average molecular weight is 486 g/mol. The molecule has 0 saturated heterocycles. The summed E-state index contributed by atoms with van der Waals surface area (Å²) in [6, 6.07) is 8.16. The Balaban J connectivity index is 0.00000364. The van der Waals surface area contributed by atoms with Crippen molar-refractivity contribution in [2.75, 3.05) is 26.3 Å². The number of hydrogen-bond donors (Lipinski definition) is 2. The Morgan fingerprint density at radius 3 is 2.63 bits per heavy atom. The number of nitrogens with zero attached hydrogens (tertiary/aromatic N) is 4. The van der Waals surface area contributed by atoms with Crippen LogP contribution >= 0.6 is 24.0 Å². The fraction of sp³-hybridized carbons (Fsp3) is 0.526. The molecule has 0 radical (unpaired) electrons. The van der Waals surface area contributed by atoms with E-state index >= 15 is 0 Å². The predicted octanol–water partition coefficient (Wildman–Crippen LogP) is 3.00. The molecule has 0 spiro atoms. The van der Waals surface area contributed by atoms with Gasteiger partial charge >= 0.3 is 0 Å². The van der Waals surface area contributed by atoms with E-state index in [9.17, 15) is 0 Å². The minimum Gasteiger partial charge on any atom is -0.381 e. The van der Waals surface area contributed by atoms with Crippen molar-refractivity contribution in [2.45, 2.75) is 33.7 Å². The van der Waals surface area contributed by atoms with E-state index in [4.69, 9.17) is 4.74 Å². The maximum atomic E-state index is 5.60. The number of nitrogens with one attached hydrogen (secondary N) is 2. The van der Waals surface area contributed by atoms with Crippen LogP contribution in [-0.2, 0) is 11.3 Å². The van der Waals surface area contributed by atoms with Gasteiger partial charge in [-0.15, -0.1) is 24.0 Å². The molecule has 0 aliphatic carbocycles. The van der Waals surface area contributed by atoms with Gasteiger partial charge in [0.1, 0.15) is 12.7 Å². The highest BCUT2D eigenvalue weighted by Crippen LogP contribution is 2.08. The largest absolute Gasteiger partial charge is 0.381 e. The lowest BCUT2D eigenvalue weighted by molar-refractivity contribution is 0.108. The summed E-state index contributed by atoms with van der Waals surface area (Å²) in [4.78, 5) is 8.60. The van der Waals surface area contributed by atoms with E-state index < -0.39 is 0 Å². The summed E-state index contributed by atoms with van der Waals surface area (Å²) < 4.78 is 7.33. The molecular formula is C19H31IN6O. The summed E-state index contributed by atoms with van der Waals surface area (Å²) >= 11 is 0. The first-order valence-corrected chi connectivity index (χ1v) is 9.23. The number of aliphatic imine (C=N–C) groups is 1. The molecule has 0 atom stereocenters. The molecule has 0 unspecified atom stereocenters. The lowest BCUT2D eigenvalue weighted by Gasteiger charge is -2.12. The molecule has 0 aliphatic heterocycles. The van der Waals surface area contributed by atoms with Crippen molar-refractivity contribution in [1.29, 1.82) is 0 Å². The molecule has 8 heteroatoms. The van der Waals surface area contributed by atoms with Gasteiger partial charge in [0.25, 0.3) is 0 Å². The van der Waals surface area contributed by atoms with Gasteiger partial charge in [-0.2, -0.15) is 5.10 Å². The topological polar surface area (TPSA) is 76.4 Å². The first kappa shape index (κ1) is 23.4. The van der Waals surface area contributed by atoms with E-state index in [-0.39, 0.29) is 24.0 Å². The quantitative estimate of drug-likeness (QED) is 0.234. The molecule has 0 amide bonds. The van der Waals surface area contributed by atoms with Crippen LogP contribution in [0.5, 0.6) is 0 Å². The van der Waals surface area contributed by atoms with Crippen molar-refractivity contribution in [2.24, 2.45) is 10.9 Å². The van der Waals surface area contributed by atoms with Crippen molar-refractivity contribution in [1.82, 2.24) is 25.4 Å². The monoisotopic (exact) mass is 486 g/mol. The molecule has 1 aromatic carbocycles.